The maximum absolute atomic E-state index is 11.9. The van der Waals surface area contributed by atoms with E-state index in [9.17, 15) is 4.79 Å². The molecule has 8 heteroatoms. The highest BCUT2D eigenvalue weighted by molar-refractivity contribution is 7.99. The molecule has 0 aliphatic carbocycles. The predicted octanol–water partition coefficient (Wildman–Crippen LogP) is 2.16. The zero-order chi connectivity index (χ0) is 16.8. The zero-order valence-corrected chi connectivity index (χ0v) is 13.4. The van der Waals surface area contributed by atoms with E-state index in [4.69, 9.17) is 20.1 Å². The van der Waals surface area contributed by atoms with Gasteiger partial charge in [0.05, 0.1) is 12.9 Å². The number of carbonyl (C=O) groups is 1. The van der Waals surface area contributed by atoms with Crippen molar-refractivity contribution < 1.29 is 13.9 Å². The molecule has 0 amide bonds. The van der Waals surface area contributed by atoms with Crippen LogP contribution in [0.2, 0.25) is 0 Å². The van der Waals surface area contributed by atoms with Crippen LogP contribution >= 0.6 is 11.8 Å². The van der Waals surface area contributed by atoms with Crippen LogP contribution in [0.5, 0.6) is 5.75 Å². The fourth-order valence-electron chi connectivity index (χ4n) is 1.69. The summed E-state index contributed by atoms with van der Waals surface area (Å²) in [5.74, 6) is 0.693. The number of allylic oxidation sites excluding steroid dienone is 2. The molecule has 0 bridgehead atoms. The number of ketones is 1. The first-order valence-electron chi connectivity index (χ1n) is 6.55. The highest BCUT2D eigenvalue weighted by atomic mass is 32.2. The SMILES string of the molecule is COc1ccc(-c2nnc(SCC(=O)/C(C#N)=C(\C)N)o2)cc1. The lowest BCUT2D eigenvalue weighted by Crippen LogP contribution is -2.10. The number of Topliss-reactive ketones (excluding diaryl/α,β-unsaturated/α-hetero) is 1. The van der Waals surface area contributed by atoms with Gasteiger partial charge in [-0.25, -0.2) is 0 Å². The van der Waals surface area contributed by atoms with Gasteiger partial charge < -0.3 is 14.9 Å². The lowest BCUT2D eigenvalue weighted by atomic mass is 10.2. The van der Waals surface area contributed by atoms with Gasteiger partial charge in [0, 0.05) is 11.3 Å². The van der Waals surface area contributed by atoms with E-state index >= 15 is 0 Å². The van der Waals surface area contributed by atoms with Crippen molar-refractivity contribution in [1.82, 2.24) is 10.2 Å². The van der Waals surface area contributed by atoms with Crippen molar-refractivity contribution in [2.45, 2.75) is 12.1 Å². The highest BCUT2D eigenvalue weighted by Crippen LogP contribution is 2.25. The number of hydrogen-bond acceptors (Lipinski definition) is 8. The third-order valence-corrected chi connectivity index (χ3v) is 3.67. The highest BCUT2D eigenvalue weighted by Gasteiger charge is 2.15. The van der Waals surface area contributed by atoms with Gasteiger partial charge in [-0.15, -0.1) is 10.2 Å². The van der Waals surface area contributed by atoms with Crippen LogP contribution in [0.25, 0.3) is 11.5 Å². The first kappa shape index (κ1) is 16.6. The molecule has 118 valence electrons. The molecule has 0 aliphatic rings. The number of methoxy groups -OCH3 is 1. The number of benzene rings is 1. The average Bonchev–Trinajstić information content (AvgIpc) is 3.02. The Bertz CT molecular complexity index is 771. The van der Waals surface area contributed by atoms with Gasteiger partial charge in [0.15, 0.2) is 5.78 Å². The number of rotatable bonds is 6. The maximum atomic E-state index is 11.9. The van der Waals surface area contributed by atoms with E-state index in [1.807, 2.05) is 0 Å². The molecule has 2 aromatic rings. The van der Waals surface area contributed by atoms with Crippen molar-refractivity contribution >= 4 is 17.5 Å². The Morgan fingerprint density at radius 3 is 2.65 bits per heavy atom. The Morgan fingerprint density at radius 2 is 2.09 bits per heavy atom. The summed E-state index contributed by atoms with van der Waals surface area (Å²) >= 11 is 1.06. The molecule has 0 saturated carbocycles. The van der Waals surface area contributed by atoms with Crippen molar-refractivity contribution in [1.29, 1.82) is 5.26 Å². The molecule has 0 radical (unpaired) electrons. The van der Waals surface area contributed by atoms with Crippen molar-refractivity contribution in [2.75, 3.05) is 12.9 Å². The number of nitrogens with two attached hydrogens (primary N) is 1. The summed E-state index contributed by atoms with van der Waals surface area (Å²) < 4.78 is 10.6. The van der Waals surface area contributed by atoms with Crippen molar-refractivity contribution in [2.24, 2.45) is 5.73 Å². The van der Waals surface area contributed by atoms with E-state index < -0.39 is 0 Å². The van der Waals surface area contributed by atoms with Gasteiger partial charge in [0.1, 0.15) is 17.4 Å². The summed E-state index contributed by atoms with van der Waals surface area (Å²) in [4.78, 5) is 11.9. The first-order chi connectivity index (χ1) is 11.0. The summed E-state index contributed by atoms with van der Waals surface area (Å²) in [6.45, 7) is 1.51. The fourth-order valence-corrected chi connectivity index (χ4v) is 2.32. The van der Waals surface area contributed by atoms with Crippen LogP contribution in [0.1, 0.15) is 6.92 Å². The fraction of sp³-hybridized carbons (Fsp3) is 0.200. The molecule has 0 spiro atoms. The molecule has 0 aliphatic heterocycles. The van der Waals surface area contributed by atoms with E-state index in [2.05, 4.69) is 10.2 Å². The Morgan fingerprint density at radius 1 is 1.39 bits per heavy atom. The Kier molecular flexibility index (Phi) is 5.38. The molecule has 1 heterocycles. The smallest absolute Gasteiger partial charge is 0.277 e. The van der Waals surface area contributed by atoms with Crippen LogP contribution in [0, 0.1) is 11.3 Å². The number of nitriles is 1. The van der Waals surface area contributed by atoms with E-state index in [0.29, 0.717) is 5.89 Å². The number of thioether (sulfide) groups is 1. The molecule has 0 saturated heterocycles. The standard InChI is InChI=1S/C15H14N4O3S/c1-9(17)12(7-16)13(20)8-23-15-19-18-14(22-15)10-3-5-11(21-2)6-4-10/h3-6H,8,17H2,1-2H3/b12-9+. The quantitative estimate of drug-likeness (QED) is 0.487. The number of hydrogen-bond donors (Lipinski definition) is 1. The van der Waals surface area contributed by atoms with Gasteiger partial charge >= 0.3 is 0 Å². The molecular formula is C15H14N4O3S. The van der Waals surface area contributed by atoms with Gasteiger partial charge in [0.25, 0.3) is 5.22 Å². The van der Waals surface area contributed by atoms with E-state index in [1.54, 1.807) is 37.4 Å². The third kappa shape index (κ3) is 4.11. The largest absolute Gasteiger partial charge is 0.497 e. The Hall–Kier alpha value is -2.79. The second-order valence-corrected chi connectivity index (χ2v) is 5.41. The number of nitrogens with zero attached hydrogens (tertiary/aromatic N) is 3. The van der Waals surface area contributed by atoms with Crippen LogP contribution < -0.4 is 10.5 Å². The molecule has 1 aromatic heterocycles. The molecular weight excluding hydrogens is 316 g/mol. The van der Waals surface area contributed by atoms with Gasteiger partial charge in [-0.05, 0) is 31.2 Å². The van der Waals surface area contributed by atoms with Crippen molar-refractivity contribution in [3.63, 3.8) is 0 Å². The Labute approximate surface area is 137 Å². The number of carbonyl (C=O) groups excluding carboxylic acids is 1. The first-order valence-corrected chi connectivity index (χ1v) is 7.54. The second kappa shape index (κ2) is 7.47. The predicted molar refractivity (Wildman–Crippen MR) is 84.5 cm³/mol. The van der Waals surface area contributed by atoms with Crippen LogP contribution in [-0.4, -0.2) is 28.8 Å². The van der Waals surface area contributed by atoms with E-state index in [1.165, 1.54) is 6.92 Å². The van der Waals surface area contributed by atoms with Crippen LogP contribution in [0.4, 0.5) is 0 Å². The molecule has 0 unspecified atom stereocenters. The van der Waals surface area contributed by atoms with Crippen molar-refractivity contribution in [3.8, 4) is 23.3 Å². The second-order valence-electron chi connectivity index (χ2n) is 4.48. The van der Waals surface area contributed by atoms with Gasteiger partial charge in [-0.2, -0.15) is 5.26 Å². The van der Waals surface area contributed by atoms with E-state index in [0.717, 1.165) is 23.1 Å². The Balaban J connectivity index is 2.04. The summed E-state index contributed by atoms with van der Waals surface area (Å²) in [6, 6.07) is 8.94. The van der Waals surface area contributed by atoms with Gasteiger partial charge in [-0.3, -0.25) is 4.79 Å². The third-order valence-electron chi connectivity index (χ3n) is 2.86. The van der Waals surface area contributed by atoms with Gasteiger partial charge in [0.2, 0.25) is 5.89 Å². The average molecular weight is 330 g/mol. The minimum atomic E-state index is -0.373. The molecule has 7 nitrogen and oxygen atoms in total. The summed E-state index contributed by atoms with van der Waals surface area (Å²) in [5.41, 5.74) is 6.38. The monoisotopic (exact) mass is 330 g/mol. The van der Waals surface area contributed by atoms with Crippen LogP contribution in [-0.2, 0) is 4.79 Å². The zero-order valence-electron chi connectivity index (χ0n) is 12.6. The lowest BCUT2D eigenvalue weighted by Gasteiger charge is -1.99. The molecule has 2 rings (SSSR count). The summed E-state index contributed by atoms with van der Waals surface area (Å²) in [5, 5.41) is 16.9. The minimum Gasteiger partial charge on any atom is -0.497 e. The molecule has 23 heavy (non-hydrogen) atoms. The summed E-state index contributed by atoms with van der Waals surface area (Å²) in [6.07, 6.45) is 0. The summed E-state index contributed by atoms with van der Waals surface area (Å²) in [7, 11) is 1.58. The normalized spacial score (nSPS) is 11.5. The molecule has 0 atom stereocenters. The van der Waals surface area contributed by atoms with Crippen molar-refractivity contribution in [3.05, 3.63) is 35.5 Å². The van der Waals surface area contributed by atoms with Gasteiger partial charge in [-0.1, -0.05) is 11.8 Å². The minimum absolute atomic E-state index is 0.00167. The maximum Gasteiger partial charge on any atom is 0.277 e. The van der Waals surface area contributed by atoms with E-state index in [-0.39, 0.29) is 28.0 Å². The van der Waals surface area contributed by atoms with Crippen LogP contribution in [0.3, 0.4) is 0 Å². The molecule has 0 fully saturated rings. The van der Waals surface area contributed by atoms with Crippen LogP contribution in [0.15, 0.2) is 45.2 Å². The lowest BCUT2D eigenvalue weighted by molar-refractivity contribution is -0.112. The molecule has 2 N–H and O–H groups in total. The topological polar surface area (TPSA) is 115 Å². The molecule has 1 aromatic carbocycles. The number of ether oxygens (including phenoxy) is 1. The number of aromatic nitrogens is 2.